The molecular weight excluding hydrogens is 212 g/mol. The summed E-state index contributed by atoms with van der Waals surface area (Å²) in [6, 6.07) is 0. The fraction of sp³-hybridized carbons (Fsp3) is 1.00. The molecule has 0 aromatic rings. The van der Waals surface area contributed by atoms with Crippen LogP contribution >= 0.6 is 0 Å². The van der Waals surface area contributed by atoms with Crippen molar-refractivity contribution in [1.29, 1.82) is 0 Å². The predicted molar refractivity (Wildman–Crippen MR) is 72.5 cm³/mol. The average Bonchev–Trinajstić information content (AvgIpc) is 2.31. The van der Waals surface area contributed by atoms with E-state index < -0.39 is 0 Å². The van der Waals surface area contributed by atoms with Crippen LogP contribution in [0.3, 0.4) is 0 Å². The van der Waals surface area contributed by atoms with Gasteiger partial charge in [-0.05, 0) is 58.5 Å². The van der Waals surface area contributed by atoms with Gasteiger partial charge in [-0.3, -0.25) is 0 Å². The molecule has 0 radical (unpaired) electrons. The van der Waals surface area contributed by atoms with Crippen molar-refractivity contribution in [3.63, 3.8) is 0 Å². The Hall–Kier alpha value is -0.160. The zero-order valence-electron chi connectivity index (χ0n) is 11.1. The molecule has 4 nitrogen and oxygen atoms in total. The van der Waals surface area contributed by atoms with Crippen LogP contribution in [-0.2, 0) is 0 Å². The summed E-state index contributed by atoms with van der Waals surface area (Å²) < 4.78 is 0. The molecule has 0 spiro atoms. The van der Waals surface area contributed by atoms with E-state index in [0.717, 1.165) is 26.2 Å². The van der Waals surface area contributed by atoms with Crippen LogP contribution in [0.1, 0.15) is 19.3 Å². The first-order valence-electron chi connectivity index (χ1n) is 7.31. The Kier molecular flexibility index (Phi) is 6.27. The molecule has 0 unspecified atom stereocenters. The van der Waals surface area contributed by atoms with Crippen molar-refractivity contribution in [2.75, 3.05) is 65.4 Å². The van der Waals surface area contributed by atoms with Gasteiger partial charge < -0.3 is 20.4 Å². The molecule has 2 N–H and O–H groups in total. The highest BCUT2D eigenvalue weighted by atomic mass is 15.2. The molecule has 3 aliphatic rings. The molecule has 0 aromatic carbocycles. The van der Waals surface area contributed by atoms with Crippen molar-refractivity contribution >= 4 is 0 Å². The Bertz CT molecular complexity index is 164. The van der Waals surface area contributed by atoms with E-state index in [1.165, 1.54) is 58.5 Å². The number of hydrogen-bond donors (Lipinski definition) is 2. The third-order valence-electron chi connectivity index (χ3n) is 3.81. The van der Waals surface area contributed by atoms with Gasteiger partial charge in [-0.2, -0.15) is 0 Å². The van der Waals surface area contributed by atoms with Crippen LogP contribution in [0.5, 0.6) is 0 Å². The van der Waals surface area contributed by atoms with E-state index in [4.69, 9.17) is 0 Å². The second kappa shape index (κ2) is 8.03. The first kappa shape index (κ1) is 13.3. The van der Waals surface area contributed by atoms with Crippen LogP contribution in [-0.4, -0.2) is 75.2 Å². The zero-order chi connectivity index (χ0) is 11.8. The molecule has 100 valence electrons. The van der Waals surface area contributed by atoms with Crippen molar-refractivity contribution in [1.82, 2.24) is 20.4 Å². The van der Waals surface area contributed by atoms with Gasteiger partial charge in [-0.25, -0.2) is 0 Å². The van der Waals surface area contributed by atoms with Crippen LogP contribution in [0.2, 0.25) is 0 Å². The summed E-state index contributed by atoms with van der Waals surface area (Å²) in [5.74, 6) is 0. The predicted octanol–water partition coefficient (Wildman–Crippen LogP) is -0.0329. The van der Waals surface area contributed by atoms with Gasteiger partial charge in [0, 0.05) is 26.2 Å². The lowest BCUT2D eigenvalue weighted by Gasteiger charge is -2.30. The minimum absolute atomic E-state index is 1.16. The van der Waals surface area contributed by atoms with E-state index in [9.17, 15) is 0 Å². The Morgan fingerprint density at radius 1 is 0.471 bits per heavy atom. The van der Waals surface area contributed by atoms with E-state index in [1.54, 1.807) is 0 Å². The molecule has 3 heterocycles. The number of rotatable bonds is 0. The maximum Gasteiger partial charge on any atom is 0.0107 e. The van der Waals surface area contributed by atoms with E-state index in [1.807, 2.05) is 0 Å². The Balaban J connectivity index is 1.80. The molecule has 3 saturated heterocycles. The van der Waals surface area contributed by atoms with Gasteiger partial charge in [-0.15, -0.1) is 0 Å². The first-order valence-corrected chi connectivity index (χ1v) is 7.31. The Morgan fingerprint density at radius 2 is 0.941 bits per heavy atom. The average molecular weight is 240 g/mol. The van der Waals surface area contributed by atoms with Crippen molar-refractivity contribution in [2.45, 2.75) is 19.3 Å². The summed E-state index contributed by atoms with van der Waals surface area (Å²) in [5.41, 5.74) is 0. The molecule has 2 bridgehead atoms. The summed E-state index contributed by atoms with van der Waals surface area (Å²) in [4.78, 5) is 5.27. The summed E-state index contributed by atoms with van der Waals surface area (Å²) in [6.07, 6.45) is 3.92. The smallest absolute Gasteiger partial charge is 0.0107 e. The molecule has 4 heteroatoms. The highest BCUT2D eigenvalue weighted by Crippen LogP contribution is 2.03. The quantitative estimate of drug-likeness (QED) is 0.622. The molecule has 17 heavy (non-hydrogen) atoms. The van der Waals surface area contributed by atoms with E-state index in [-0.39, 0.29) is 0 Å². The highest BCUT2D eigenvalue weighted by Gasteiger charge is 2.12. The van der Waals surface area contributed by atoms with Gasteiger partial charge in [0.1, 0.15) is 0 Å². The van der Waals surface area contributed by atoms with Crippen molar-refractivity contribution in [3.05, 3.63) is 0 Å². The number of hydrogen-bond acceptors (Lipinski definition) is 4. The van der Waals surface area contributed by atoms with Crippen LogP contribution in [0.4, 0.5) is 0 Å². The lowest BCUT2D eigenvalue weighted by atomic mass is 10.2. The summed E-state index contributed by atoms with van der Waals surface area (Å²) in [7, 11) is 0. The first-order chi connectivity index (χ1) is 8.45. The molecule has 3 rings (SSSR count). The van der Waals surface area contributed by atoms with Gasteiger partial charge in [0.15, 0.2) is 0 Å². The fourth-order valence-electron chi connectivity index (χ4n) is 2.77. The Labute approximate surface area is 106 Å². The highest BCUT2D eigenvalue weighted by molar-refractivity contribution is 4.70. The SMILES string of the molecule is C1CNCCN2CCCN(CCC2)CCNC1. The van der Waals surface area contributed by atoms with E-state index in [2.05, 4.69) is 20.4 Å². The summed E-state index contributed by atoms with van der Waals surface area (Å²) in [6.45, 7) is 12.2. The zero-order valence-corrected chi connectivity index (χ0v) is 11.1. The molecular formula is C13H28N4. The number of nitrogens with one attached hydrogen (secondary N) is 2. The molecule has 3 fully saturated rings. The lowest BCUT2D eigenvalue weighted by Crippen LogP contribution is -2.42. The van der Waals surface area contributed by atoms with Crippen molar-refractivity contribution < 1.29 is 0 Å². The van der Waals surface area contributed by atoms with Gasteiger partial charge >= 0.3 is 0 Å². The van der Waals surface area contributed by atoms with E-state index >= 15 is 0 Å². The van der Waals surface area contributed by atoms with Crippen molar-refractivity contribution in [3.8, 4) is 0 Å². The Morgan fingerprint density at radius 3 is 1.41 bits per heavy atom. The minimum atomic E-state index is 1.16. The van der Waals surface area contributed by atoms with Crippen LogP contribution in [0.25, 0.3) is 0 Å². The van der Waals surface area contributed by atoms with Crippen molar-refractivity contribution in [2.24, 2.45) is 0 Å². The molecule has 0 aromatic heterocycles. The second-order valence-electron chi connectivity index (χ2n) is 5.24. The maximum absolute atomic E-state index is 3.55. The third-order valence-corrected chi connectivity index (χ3v) is 3.81. The monoisotopic (exact) mass is 240 g/mol. The molecule has 0 atom stereocenters. The largest absolute Gasteiger partial charge is 0.315 e. The fourth-order valence-corrected chi connectivity index (χ4v) is 2.77. The number of nitrogens with zero attached hydrogens (tertiary/aromatic N) is 2. The standard InChI is InChI=1S/C13H28N4/c1-4-14-6-12-16-8-2-9-17(11-3-10-16)13-7-15-5-1/h14-15H,1-13H2. The van der Waals surface area contributed by atoms with Gasteiger partial charge in [-0.1, -0.05) is 0 Å². The van der Waals surface area contributed by atoms with Crippen LogP contribution in [0.15, 0.2) is 0 Å². The van der Waals surface area contributed by atoms with E-state index in [0.29, 0.717) is 0 Å². The molecule has 3 aliphatic heterocycles. The molecule has 0 amide bonds. The van der Waals surface area contributed by atoms with Gasteiger partial charge in [0.05, 0.1) is 0 Å². The summed E-state index contributed by atoms with van der Waals surface area (Å²) >= 11 is 0. The third kappa shape index (κ3) is 5.34. The molecule has 0 aliphatic carbocycles. The normalized spacial score (nSPS) is 33.9. The van der Waals surface area contributed by atoms with Gasteiger partial charge in [0.25, 0.3) is 0 Å². The topological polar surface area (TPSA) is 30.5 Å². The number of fused-ring (bicyclic) bond motifs is 12. The summed E-state index contributed by atoms with van der Waals surface area (Å²) in [5, 5.41) is 7.10. The lowest BCUT2D eigenvalue weighted by molar-refractivity contribution is 0.181. The van der Waals surface area contributed by atoms with Crippen LogP contribution < -0.4 is 10.6 Å². The minimum Gasteiger partial charge on any atom is -0.315 e. The molecule has 0 saturated carbocycles. The van der Waals surface area contributed by atoms with Crippen LogP contribution in [0, 0.1) is 0 Å². The maximum atomic E-state index is 3.55. The second-order valence-corrected chi connectivity index (χ2v) is 5.24. The van der Waals surface area contributed by atoms with Gasteiger partial charge in [0.2, 0.25) is 0 Å².